The molecule has 116 valence electrons. The Hall–Kier alpha value is -1.88. The van der Waals surface area contributed by atoms with E-state index in [1.807, 2.05) is 37.3 Å². The van der Waals surface area contributed by atoms with E-state index in [2.05, 4.69) is 10.6 Å². The second-order valence-corrected chi connectivity index (χ2v) is 4.74. The Bertz CT molecular complexity index is 434. The number of carbonyl (C=O) groups is 2. The van der Waals surface area contributed by atoms with Gasteiger partial charge < -0.3 is 10.1 Å². The summed E-state index contributed by atoms with van der Waals surface area (Å²) in [7, 11) is 0. The largest absolute Gasteiger partial charge is 0.465 e. The van der Waals surface area contributed by atoms with Crippen molar-refractivity contribution in [2.45, 2.75) is 39.3 Å². The molecule has 0 aliphatic heterocycles. The molecular weight excluding hydrogens is 268 g/mol. The van der Waals surface area contributed by atoms with Crippen molar-refractivity contribution in [2.75, 3.05) is 13.2 Å². The summed E-state index contributed by atoms with van der Waals surface area (Å²) in [6.45, 7) is 4.70. The molecule has 0 saturated heterocycles. The molecule has 5 nitrogen and oxygen atoms in total. The van der Waals surface area contributed by atoms with Crippen molar-refractivity contribution in [1.82, 2.24) is 10.6 Å². The summed E-state index contributed by atoms with van der Waals surface area (Å²) < 4.78 is 4.99. The molecule has 1 amide bonds. The molecule has 0 aromatic heterocycles. The van der Waals surface area contributed by atoms with Crippen molar-refractivity contribution in [3.05, 3.63) is 35.9 Å². The fraction of sp³-hybridized carbons (Fsp3) is 0.500. The minimum absolute atomic E-state index is 0.107. The third-order valence-corrected chi connectivity index (χ3v) is 2.99. The maximum Gasteiger partial charge on any atom is 0.323 e. The maximum absolute atomic E-state index is 11.8. The molecule has 5 heteroatoms. The van der Waals surface area contributed by atoms with Crippen molar-refractivity contribution in [3.8, 4) is 0 Å². The number of hydrogen-bond donors (Lipinski definition) is 2. The normalized spacial score (nSPS) is 11.7. The van der Waals surface area contributed by atoms with Crippen LogP contribution in [-0.4, -0.2) is 31.1 Å². The monoisotopic (exact) mass is 292 g/mol. The van der Waals surface area contributed by atoms with Crippen LogP contribution >= 0.6 is 0 Å². The summed E-state index contributed by atoms with van der Waals surface area (Å²) in [4.78, 5) is 23.5. The van der Waals surface area contributed by atoms with Crippen LogP contribution in [0.5, 0.6) is 0 Å². The van der Waals surface area contributed by atoms with E-state index < -0.39 is 6.04 Å². The smallest absolute Gasteiger partial charge is 0.323 e. The van der Waals surface area contributed by atoms with Gasteiger partial charge in [-0.05, 0) is 18.9 Å². The van der Waals surface area contributed by atoms with Crippen LogP contribution in [0.3, 0.4) is 0 Å². The van der Waals surface area contributed by atoms with Gasteiger partial charge in [0, 0.05) is 6.54 Å². The van der Waals surface area contributed by atoms with Gasteiger partial charge in [0.15, 0.2) is 0 Å². The van der Waals surface area contributed by atoms with Gasteiger partial charge in [0.1, 0.15) is 6.04 Å². The fourth-order valence-corrected chi connectivity index (χ4v) is 1.91. The van der Waals surface area contributed by atoms with Crippen LogP contribution in [0.15, 0.2) is 30.3 Å². The molecule has 0 spiro atoms. The van der Waals surface area contributed by atoms with Crippen LogP contribution in [0.25, 0.3) is 0 Å². The van der Waals surface area contributed by atoms with Crippen LogP contribution in [0, 0.1) is 0 Å². The topological polar surface area (TPSA) is 67.4 Å². The van der Waals surface area contributed by atoms with E-state index in [-0.39, 0.29) is 18.4 Å². The van der Waals surface area contributed by atoms with E-state index in [0.717, 1.165) is 12.0 Å². The van der Waals surface area contributed by atoms with Crippen molar-refractivity contribution < 1.29 is 14.3 Å². The second-order valence-electron chi connectivity index (χ2n) is 4.74. The van der Waals surface area contributed by atoms with Crippen molar-refractivity contribution >= 4 is 11.9 Å². The average molecular weight is 292 g/mol. The predicted octanol–water partition coefficient (Wildman–Crippen LogP) is 1.62. The van der Waals surface area contributed by atoms with Gasteiger partial charge >= 0.3 is 5.97 Å². The molecule has 1 aromatic carbocycles. The Morgan fingerprint density at radius 1 is 1.19 bits per heavy atom. The highest BCUT2D eigenvalue weighted by Crippen LogP contribution is 2.00. The van der Waals surface area contributed by atoms with Crippen molar-refractivity contribution in [2.24, 2.45) is 0 Å². The summed E-state index contributed by atoms with van der Waals surface area (Å²) in [5.74, 6) is -0.431. The Kier molecular flexibility index (Phi) is 8.12. The first-order chi connectivity index (χ1) is 10.2. The lowest BCUT2D eigenvalue weighted by molar-refractivity contribution is -0.145. The van der Waals surface area contributed by atoms with Crippen LogP contribution in [-0.2, 0) is 20.9 Å². The lowest BCUT2D eigenvalue weighted by atomic mass is 10.1. The number of amides is 1. The van der Waals surface area contributed by atoms with Crippen molar-refractivity contribution in [1.29, 1.82) is 0 Å². The van der Waals surface area contributed by atoms with Gasteiger partial charge in [-0.2, -0.15) is 0 Å². The molecule has 21 heavy (non-hydrogen) atoms. The molecular formula is C16H24N2O3. The first-order valence-corrected chi connectivity index (χ1v) is 7.38. The lowest BCUT2D eigenvalue weighted by Crippen LogP contribution is -2.43. The van der Waals surface area contributed by atoms with Gasteiger partial charge in [-0.3, -0.25) is 14.9 Å². The highest BCUT2D eigenvalue weighted by molar-refractivity contribution is 5.80. The van der Waals surface area contributed by atoms with Gasteiger partial charge in [-0.25, -0.2) is 0 Å². The molecule has 0 heterocycles. The van der Waals surface area contributed by atoms with Gasteiger partial charge in [0.2, 0.25) is 5.91 Å². The molecule has 0 aliphatic carbocycles. The van der Waals surface area contributed by atoms with E-state index in [4.69, 9.17) is 4.74 Å². The average Bonchev–Trinajstić information content (AvgIpc) is 2.50. The summed E-state index contributed by atoms with van der Waals surface area (Å²) in [5.41, 5.74) is 1.04. The fourth-order valence-electron chi connectivity index (χ4n) is 1.91. The maximum atomic E-state index is 11.8. The van der Waals surface area contributed by atoms with E-state index in [0.29, 0.717) is 19.6 Å². The summed E-state index contributed by atoms with van der Waals surface area (Å²) in [6, 6.07) is 9.27. The third kappa shape index (κ3) is 6.90. The van der Waals surface area contributed by atoms with E-state index in [1.165, 1.54) is 0 Å². The number of benzene rings is 1. The van der Waals surface area contributed by atoms with Crippen LogP contribution < -0.4 is 10.6 Å². The van der Waals surface area contributed by atoms with Crippen molar-refractivity contribution in [3.63, 3.8) is 0 Å². The Balaban J connectivity index is 2.34. The number of nitrogens with one attached hydrogen (secondary N) is 2. The lowest BCUT2D eigenvalue weighted by Gasteiger charge is -2.16. The van der Waals surface area contributed by atoms with Crippen LogP contribution in [0.1, 0.15) is 32.3 Å². The Morgan fingerprint density at radius 3 is 2.52 bits per heavy atom. The molecule has 0 saturated carbocycles. The molecule has 1 rings (SSSR count). The Morgan fingerprint density at radius 2 is 1.90 bits per heavy atom. The quantitative estimate of drug-likeness (QED) is 0.679. The predicted molar refractivity (Wildman–Crippen MR) is 81.6 cm³/mol. The summed E-state index contributed by atoms with van der Waals surface area (Å²) >= 11 is 0. The highest BCUT2D eigenvalue weighted by Gasteiger charge is 2.18. The van der Waals surface area contributed by atoms with E-state index in [1.54, 1.807) is 6.92 Å². The highest BCUT2D eigenvalue weighted by atomic mass is 16.5. The SMILES string of the molecule is CCCC(NCC(=O)NCc1ccccc1)C(=O)OCC. The Labute approximate surface area is 126 Å². The zero-order chi connectivity index (χ0) is 15.5. The van der Waals surface area contributed by atoms with Gasteiger partial charge in [0.05, 0.1) is 13.2 Å². The third-order valence-electron chi connectivity index (χ3n) is 2.99. The minimum Gasteiger partial charge on any atom is -0.465 e. The minimum atomic E-state index is -0.419. The molecule has 2 N–H and O–H groups in total. The van der Waals surface area contributed by atoms with Gasteiger partial charge in [0.25, 0.3) is 0 Å². The first kappa shape index (κ1) is 17.2. The molecule has 0 fully saturated rings. The molecule has 1 aromatic rings. The summed E-state index contributed by atoms with van der Waals surface area (Å²) in [6.07, 6.45) is 1.51. The second kappa shape index (κ2) is 9.94. The zero-order valence-corrected chi connectivity index (χ0v) is 12.7. The number of esters is 1. The molecule has 1 unspecified atom stereocenters. The standard InChI is InChI=1S/C16H24N2O3/c1-3-8-14(16(20)21-4-2)17-12-15(19)18-11-13-9-6-5-7-10-13/h5-7,9-10,14,17H,3-4,8,11-12H2,1-2H3,(H,18,19). The van der Waals surface area contributed by atoms with Crippen LogP contribution in [0.4, 0.5) is 0 Å². The zero-order valence-electron chi connectivity index (χ0n) is 12.7. The number of hydrogen-bond acceptors (Lipinski definition) is 4. The molecule has 0 aliphatic rings. The first-order valence-electron chi connectivity index (χ1n) is 7.38. The van der Waals surface area contributed by atoms with Gasteiger partial charge in [-0.15, -0.1) is 0 Å². The molecule has 0 radical (unpaired) electrons. The summed E-state index contributed by atoms with van der Waals surface area (Å²) in [5, 5.41) is 5.77. The number of carbonyl (C=O) groups excluding carboxylic acids is 2. The van der Waals surface area contributed by atoms with E-state index in [9.17, 15) is 9.59 Å². The number of ether oxygens (including phenoxy) is 1. The van der Waals surface area contributed by atoms with Gasteiger partial charge in [-0.1, -0.05) is 43.7 Å². The van der Waals surface area contributed by atoms with Crippen LogP contribution in [0.2, 0.25) is 0 Å². The number of rotatable bonds is 9. The van der Waals surface area contributed by atoms with E-state index >= 15 is 0 Å². The molecule has 0 bridgehead atoms. The molecule has 1 atom stereocenters.